The van der Waals surface area contributed by atoms with Crippen LogP contribution < -0.4 is 0 Å². The molecule has 0 aromatic carbocycles. The average molecular weight is 420 g/mol. The lowest BCUT2D eigenvalue weighted by molar-refractivity contribution is -0.154. The van der Waals surface area contributed by atoms with Gasteiger partial charge in [-0.05, 0) is 101 Å². The highest BCUT2D eigenvalue weighted by atomic mass is 16.5. The van der Waals surface area contributed by atoms with Gasteiger partial charge in [-0.3, -0.25) is 9.59 Å². The first-order chi connectivity index (χ1) is 14.5. The molecular weight excluding hydrogens is 378 g/mol. The molecule has 0 amide bonds. The van der Waals surface area contributed by atoms with Gasteiger partial charge in [0.15, 0.2) is 0 Å². The summed E-state index contributed by atoms with van der Waals surface area (Å²) in [7, 11) is 0. The SMILES string of the molecule is CC(COC(=O)CCCN1CCCCC1)COC(=O)CC12CC3CC(CC(C3)C1)C2. The third kappa shape index (κ3) is 5.99. The highest BCUT2D eigenvalue weighted by Crippen LogP contribution is 2.61. The van der Waals surface area contributed by atoms with E-state index in [2.05, 4.69) is 4.90 Å². The van der Waals surface area contributed by atoms with E-state index in [1.165, 1.54) is 70.9 Å². The Hall–Kier alpha value is -1.10. The number of hydrogen-bond donors (Lipinski definition) is 0. The van der Waals surface area contributed by atoms with Gasteiger partial charge >= 0.3 is 11.9 Å². The summed E-state index contributed by atoms with van der Waals surface area (Å²) in [6.45, 7) is 6.01. The molecule has 5 rings (SSSR count). The summed E-state index contributed by atoms with van der Waals surface area (Å²) < 4.78 is 11.0. The summed E-state index contributed by atoms with van der Waals surface area (Å²) in [5.41, 5.74) is 0.232. The van der Waals surface area contributed by atoms with Crippen LogP contribution in [0, 0.1) is 29.1 Å². The predicted octanol–water partition coefficient (Wildman–Crippen LogP) is 4.58. The van der Waals surface area contributed by atoms with Gasteiger partial charge in [0.2, 0.25) is 0 Å². The van der Waals surface area contributed by atoms with Crippen molar-refractivity contribution in [3.8, 4) is 0 Å². The first-order valence-electron chi connectivity index (χ1n) is 12.5. The van der Waals surface area contributed by atoms with Crippen molar-refractivity contribution in [2.24, 2.45) is 29.1 Å². The Morgan fingerprint density at radius 1 is 0.900 bits per heavy atom. The van der Waals surface area contributed by atoms with Crippen LogP contribution in [0.5, 0.6) is 0 Å². The number of hydrogen-bond acceptors (Lipinski definition) is 5. The fraction of sp³-hybridized carbons (Fsp3) is 0.920. The molecule has 1 saturated heterocycles. The van der Waals surface area contributed by atoms with E-state index in [-0.39, 0.29) is 23.3 Å². The van der Waals surface area contributed by atoms with Crippen molar-refractivity contribution in [1.29, 1.82) is 0 Å². The summed E-state index contributed by atoms with van der Waals surface area (Å²) in [6, 6.07) is 0. The fourth-order valence-electron chi connectivity index (χ4n) is 7.08. The Morgan fingerprint density at radius 3 is 2.07 bits per heavy atom. The van der Waals surface area contributed by atoms with Crippen LogP contribution in [0.15, 0.2) is 0 Å². The molecule has 4 aliphatic carbocycles. The molecule has 0 radical (unpaired) electrons. The molecule has 0 spiro atoms. The van der Waals surface area contributed by atoms with E-state index in [1.54, 1.807) is 0 Å². The number of carbonyl (C=O) groups is 2. The topological polar surface area (TPSA) is 55.8 Å². The second kappa shape index (κ2) is 10.0. The van der Waals surface area contributed by atoms with Gasteiger partial charge in [-0.15, -0.1) is 0 Å². The molecule has 1 unspecified atom stereocenters. The molecule has 4 saturated carbocycles. The quantitative estimate of drug-likeness (QED) is 0.485. The molecule has 0 aromatic rings. The van der Waals surface area contributed by atoms with E-state index in [9.17, 15) is 9.59 Å². The zero-order valence-electron chi connectivity index (χ0n) is 18.9. The van der Waals surface area contributed by atoms with Gasteiger partial charge in [0.1, 0.15) is 0 Å². The van der Waals surface area contributed by atoms with Gasteiger partial charge in [-0.25, -0.2) is 0 Å². The van der Waals surface area contributed by atoms with E-state index in [1.807, 2.05) is 6.92 Å². The van der Waals surface area contributed by atoms with Crippen LogP contribution in [0.1, 0.15) is 84.0 Å². The number of ether oxygens (including phenoxy) is 2. The van der Waals surface area contributed by atoms with Gasteiger partial charge in [0.25, 0.3) is 0 Å². The number of rotatable bonds is 10. The Bertz CT molecular complexity index is 563. The molecule has 30 heavy (non-hydrogen) atoms. The number of esters is 2. The second-order valence-electron chi connectivity index (χ2n) is 11.1. The summed E-state index contributed by atoms with van der Waals surface area (Å²) in [5, 5.41) is 0. The molecule has 5 nitrogen and oxygen atoms in total. The third-order valence-corrected chi connectivity index (χ3v) is 8.05. The lowest BCUT2D eigenvalue weighted by atomic mass is 9.49. The standard InChI is InChI=1S/C25H41NO4/c1-19(17-29-23(27)6-5-9-26-7-3-2-4-8-26)18-30-24(28)16-25-13-20-10-21(14-25)12-22(11-20)15-25/h19-22H,2-18H2,1H3. The molecule has 5 fully saturated rings. The van der Waals surface area contributed by atoms with Gasteiger partial charge in [-0.2, -0.15) is 0 Å². The lowest BCUT2D eigenvalue weighted by Gasteiger charge is -2.56. The maximum Gasteiger partial charge on any atom is 0.306 e. The zero-order chi connectivity index (χ0) is 21.0. The van der Waals surface area contributed by atoms with Crippen molar-refractivity contribution in [1.82, 2.24) is 4.90 Å². The first-order valence-corrected chi connectivity index (χ1v) is 12.5. The number of piperidine rings is 1. The second-order valence-corrected chi connectivity index (χ2v) is 11.1. The fourth-order valence-corrected chi connectivity index (χ4v) is 7.08. The summed E-state index contributed by atoms with van der Waals surface area (Å²) in [5.74, 6) is 2.46. The van der Waals surface area contributed by atoms with Crippen LogP contribution in [-0.2, 0) is 19.1 Å². The molecule has 5 aliphatic rings. The van der Waals surface area contributed by atoms with Crippen LogP contribution in [0.4, 0.5) is 0 Å². The lowest BCUT2D eigenvalue weighted by Crippen LogP contribution is -2.47. The van der Waals surface area contributed by atoms with Gasteiger partial charge < -0.3 is 14.4 Å². The van der Waals surface area contributed by atoms with Crippen molar-refractivity contribution < 1.29 is 19.1 Å². The highest BCUT2D eigenvalue weighted by molar-refractivity contribution is 5.70. The molecule has 1 heterocycles. The highest BCUT2D eigenvalue weighted by Gasteiger charge is 2.51. The zero-order valence-corrected chi connectivity index (χ0v) is 18.9. The van der Waals surface area contributed by atoms with Crippen molar-refractivity contribution in [2.45, 2.75) is 84.0 Å². The molecule has 1 aliphatic heterocycles. The Labute approximate surface area is 182 Å². The van der Waals surface area contributed by atoms with Gasteiger partial charge in [0, 0.05) is 12.3 Å². The maximum absolute atomic E-state index is 12.5. The van der Waals surface area contributed by atoms with Crippen molar-refractivity contribution >= 4 is 11.9 Å². The van der Waals surface area contributed by atoms with E-state index in [0.717, 1.165) is 30.7 Å². The number of nitrogens with zero attached hydrogens (tertiary/aromatic N) is 1. The minimum Gasteiger partial charge on any atom is -0.465 e. The minimum atomic E-state index is -0.126. The van der Waals surface area contributed by atoms with Gasteiger partial charge in [-0.1, -0.05) is 13.3 Å². The van der Waals surface area contributed by atoms with Crippen LogP contribution in [0.3, 0.4) is 0 Å². The Balaban J connectivity index is 1.08. The smallest absolute Gasteiger partial charge is 0.306 e. The van der Waals surface area contributed by atoms with Crippen molar-refractivity contribution in [3.05, 3.63) is 0 Å². The normalized spacial score (nSPS) is 34.0. The summed E-state index contributed by atoms with van der Waals surface area (Å²) >= 11 is 0. The summed E-state index contributed by atoms with van der Waals surface area (Å²) in [4.78, 5) is 27.0. The predicted molar refractivity (Wildman–Crippen MR) is 116 cm³/mol. The van der Waals surface area contributed by atoms with E-state index < -0.39 is 0 Å². The van der Waals surface area contributed by atoms with Crippen LogP contribution in [0.25, 0.3) is 0 Å². The summed E-state index contributed by atoms with van der Waals surface area (Å²) in [6.07, 6.45) is 13.7. The minimum absolute atomic E-state index is 0.0448. The molecule has 1 atom stereocenters. The third-order valence-electron chi connectivity index (χ3n) is 8.05. The molecule has 5 heteroatoms. The van der Waals surface area contributed by atoms with E-state index in [0.29, 0.717) is 26.1 Å². The molecule has 170 valence electrons. The van der Waals surface area contributed by atoms with Gasteiger partial charge in [0.05, 0.1) is 19.6 Å². The van der Waals surface area contributed by atoms with Crippen LogP contribution in [-0.4, -0.2) is 49.7 Å². The van der Waals surface area contributed by atoms with Crippen molar-refractivity contribution in [2.75, 3.05) is 32.8 Å². The average Bonchev–Trinajstić information content (AvgIpc) is 2.70. The largest absolute Gasteiger partial charge is 0.465 e. The van der Waals surface area contributed by atoms with E-state index in [4.69, 9.17) is 9.47 Å². The molecule has 4 bridgehead atoms. The monoisotopic (exact) mass is 419 g/mol. The molecule has 0 aromatic heterocycles. The van der Waals surface area contributed by atoms with Crippen molar-refractivity contribution in [3.63, 3.8) is 0 Å². The number of carbonyl (C=O) groups excluding carboxylic acids is 2. The first kappa shape index (κ1) is 22.1. The van der Waals surface area contributed by atoms with E-state index >= 15 is 0 Å². The van der Waals surface area contributed by atoms with Crippen LogP contribution in [0.2, 0.25) is 0 Å². The Kier molecular flexibility index (Phi) is 7.38. The maximum atomic E-state index is 12.5. The Morgan fingerprint density at radius 2 is 1.47 bits per heavy atom. The molecular formula is C25H41NO4. The van der Waals surface area contributed by atoms with Crippen LogP contribution >= 0.6 is 0 Å². The number of likely N-dealkylation sites (tertiary alicyclic amines) is 1. The molecule has 0 N–H and O–H groups in total.